The van der Waals surface area contributed by atoms with Gasteiger partial charge in [0.05, 0.1) is 6.20 Å². The number of pyridine rings is 1. The molecule has 1 aliphatic heterocycles. The summed E-state index contributed by atoms with van der Waals surface area (Å²) in [6.45, 7) is 5.99. The van der Waals surface area contributed by atoms with Crippen LogP contribution in [0.1, 0.15) is 5.56 Å². The molecular weight excluding hydrogens is 326 g/mol. The number of likely N-dealkylation sites (N-methyl/N-ethyl adjacent to an activating group) is 1. The number of hydrogen-bond acceptors (Lipinski definition) is 6. The lowest BCUT2D eigenvalue weighted by molar-refractivity contribution is 0.305. The first-order valence-corrected chi connectivity index (χ1v) is 8.87. The Morgan fingerprint density at radius 1 is 1.04 bits per heavy atom. The van der Waals surface area contributed by atoms with Gasteiger partial charge in [-0.05, 0) is 43.8 Å². The molecule has 1 fully saturated rings. The van der Waals surface area contributed by atoms with Crippen molar-refractivity contribution in [1.82, 2.24) is 14.9 Å². The smallest absolute Gasteiger partial charge is 0.297 e. The highest BCUT2D eigenvalue weighted by Gasteiger charge is 2.18. The third-order valence-corrected chi connectivity index (χ3v) is 4.60. The van der Waals surface area contributed by atoms with Crippen LogP contribution in [-0.4, -0.2) is 48.1 Å². The maximum Gasteiger partial charge on any atom is 0.297 e. The van der Waals surface area contributed by atoms with E-state index in [1.54, 1.807) is 12.4 Å². The van der Waals surface area contributed by atoms with Crippen LogP contribution in [0.15, 0.2) is 53.2 Å². The number of nitrogens with one attached hydrogen (secondary N) is 1. The molecule has 0 bridgehead atoms. The van der Waals surface area contributed by atoms with Gasteiger partial charge in [0.2, 0.25) is 0 Å². The van der Waals surface area contributed by atoms with Crippen molar-refractivity contribution in [3.8, 4) is 11.3 Å². The van der Waals surface area contributed by atoms with Crippen LogP contribution in [0.2, 0.25) is 0 Å². The van der Waals surface area contributed by atoms with Crippen molar-refractivity contribution in [2.24, 2.45) is 0 Å². The molecule has 0 amide bonds. The van der Waals surface area contributed by atoms with Gasteiger partial charge in [0, 0.05) is 43.6 Å². The number of aromatic nitrogens is 2. The van der Waals surface area contributed by atoms with Gasteiger partial charge in [-0.25, -0.2) is 9.97 Å². The zero-order valence-electron chi connectivity index (χ0n) is 15.1. The fourth-order valence-electron chi connectivity index (χ4n) is 3.04. The van der Waals surface area contributed by atoms with Crippen LogP contribution < -0.4 is 10.2 Å². The van der Waals surface area contributed by atoms with E-state index in [1.165, 1.54) is 5.56 Å². The highest BCUT2D eigenvalue weighted by Crippen LogP contribution is 2.28. The standard InChI is InChI=1S/C20H23N5O/c1-15-6-7-21-19(12-15)23-17-5-3-4-16(13-17)18-14-22-20(26-18)25-10-8-24(2)9-11-25/h3-7,12-14H,8-11H2,1-2H3,(H,21,23). The molecule has 0 atom stereocenters. The van der Waals surface area contributed by atoms with Crippen molar-refractivity contribution in [2.75, 3.05) is 43.4 Å². The number of benzene rings is 1. The molecule has 1 aliphatic rings. The first-order chi connectivity index (χ1) is 12.7. The molecular formula is C20H23N5O. The molecule has 0 radical (unpaired) electrons. The first kappa shape index (κ1) is 16.6. The molecule has 3 aromatic rings. The summed E-state index contributed by atoms with van der Waals surface area (Å²) < 4.78 is 6.02. The quantitative estimate of drug-likeness (QED) is 0.777. The minimum absolute atomic E-state index is 0.701. The van der Waals surface area contributed by atoms with Gasteiger partial charge in [-0.2, -0.15) is 0 Å². The van der Waals surface area contributed by atoms with Gasteiger partial charge in [0.15, 0.2) is 5.76 Å². The van der Waals surface area contributed by atoms with Crippen LogP contribution in [0, 0.1) is 6.92 Å². The predicted molar refractivity (Wildman–Crippen MR) is 104 cm³/mol. The highest BCUT2D eigenvalue weighted by atomic mass is 16.4. The van der Waals surface area contributed by atoms with Gasteiger partial charge in [0.25, 0.3) is 6.01 Å². The molecule has 4 rings (SSSR count). The van der Waals surface area contributed by atoms with E-state index in [0.29, 0.717) is 6.01 Å². The molecule has 0 unspecified atom stereocenters. The number of piperazine rings is 1. The summed E-state index contributed by atoms with van der Waals surface area (Å²) in [5.41, 5.74) is 3.14. The van der Waals surface area contributed by atoms with E-state index >= 15 is 0 Å². The van der Waals surface area contributed by atoms with E-state index < -0.39 is 0 Å². The van der Waals surface area contributed by atoms with Crippen LogP contribution in [0.5, 0.6) is 0 Å². The third-order valence-electron chi connectivity index (χ3n) is 4.60. The molecule has 0 aliphatic carbocycles. The largest absolute Gasteiger partial charge is 0.423 e. The monoisotopic (exact) mass is 349 g/mol. The highest BCUT2D eigenvalue weighted by molar-refractivity contribution is 5.67. The molecule has 1 saturated heterocycles. The Balaban J connectivity index is 1.51. The SMILES string of the molecule is Cc1ccnc(Nc2cccc(-c3cnc(N4CCN(C)CC4)o3)c2)c1. The van der Waals surface area contributed by atoms with Crippen molar-refractivity contribution in [3.05, 3.63) is 54.4 Å². The zero-order valence-corrected chi connectivity index (χ0v) is 15.1. The maximum atomic E-state index is 6.02. The van der Waals surface area contributed by atoms with Crippen molar-refractivity contribution in [1.29, 1.82) is 0 Å². The van der Waals surface area contributed by atoms with E-state index in [9.17, 15) is 0 Å². The molecule has 0 saturated carbocycles. The number of hydrogen-bond donors (Lipinski definition) is 1. The van der Waals surface area contributed by atoms with Gasteiger partial charge >= 0.3 is 0 Å². The molecule has 1 N–H and O–H groups in total. The summed E-state index contributed by atoms with van der Waals surface area (Å²) in [6, 6.07) is 12.8. The van der Waals surface area contributed by atoms with Gasteiger partial charge in [0.1, 0.15) is 5.82 Å². The van der Waals surface area contributed by atoms with E-state index in [1.807, 2.05) is 30.3 Å². The number of aryl methyl sites for hydroxylation is 1. The van der Waals surface area contributed by atoms with Crippen molar-refractivity contribution in [2.45, 2.75) is 6.92 Å². The first-order valence-electron chi connectivity index (χ1n) is 8.87. The Hall–Kier alpha value is -2.86. The number of rotatable bonds is 4. The van der Waals surface area contributed by atoms with E-state index in [0.717, 1.165) is 49.0 Å². The lowest BCUT2D eigenvalue weighted by Crippen LogP contribution is -2.44. The number of oxazole rings is 1. The summed E-state index contributed by atoms with van der Waals surface area (Å²) in [5, 5.41) is 3.34. The van der Waals surface area contributed by atoms with E-state index in [2.05, 4.69) is 45.1 Å². The van der Waals surface area contributed by atoms with Crippen molar-refractivity contribution >= 4 is 17.5 Å². The van der Waals surface area contributed by atoms with Gasteiger partial charge < -0.3 is 19.5 Å². The number of anilines is 3. The van der Waals surface area contributed by atoms with Crippen LogP contribution >= 0.6 is 0 Å². The van der Waals surface area contributed by atoms with E-state index in [-0.39, 0.29) is 0 Å². The second kappa shape index (κ2) is 7.17. The van der Waals surface area contributed by atoms with Crippen LogP contribution in [0.3, 0.4) is 0 Å². The second-order valence-corrected chi connectivity index (χ2v) is 6.72. The maximum absolute atomic E-state index is 6.02. The molecule has 1 aromatic carbocycles. The molecule has 134 valence electrons. The Bertz CT molecular complexity index is 883. The Morgan fingerprint density at radius 3 is 2.69 bits per heavy atom. The summed E-state index contributed by atoms with van der Waals surface area (Å²) >= 11 is 0. The molecule has 6 heteroatoms. The topological polar surface area (TPSA) is 57.4 Å². The van der Waals surface area contributed by atoms with Crippen LogP contribution in [0.25, 0.3) is 11.3 Å². The van der Waals surface area contributed by atoms with Crippen molar-refractivity contribution in [3.63, 3.8) is 0 Å². The van der Waals surface area contributed by atoms with Gasteiger partial charge in [-0.3, -0.25) is 0 Å². The minimum atomic E-state index is 0.701. The summed E-state index contributed by atoms with van der Waals surface area (Å²) in [5.74, 6) is 1.61. The molecule has 3 heterocycles. The molecule has 26 heavy (non-hydrogen) atoms. The summed E-state index contributed by atoms with van der Waals surface area (Å²) in [6.07, 6.45) is 3.61. The lowest BCUT2D eigenvalue weighted by Gasteiger charge is -2.31. The second-order valence-electron chi connectivity index (χ2n) is 6.72. The predicted octanol–water partition coefficient (Wildman–Crippen LogP) is 3.54. The minimum Gasteiger partial charge on any atom is -0.423 e. The number of nitrogens with zero attached hydrogens (tertiary/aromatic N) is 4. The average Bonchev–Trinajstić information content (AvgIpc) is 3.13. The lowest BCUT2D eigenvalue weighted by atomic mass is 10.1. The molecule has 6 nitrogen and oxygen atoms in total. The Morgan fingerprint density at radius 2 is 1.88 bits per heavy atom. The van der Waals surface area contributed by atoms with Crippen LogP contribution in [-0.2, 0) is 0 Å². The molecule has 2 aromatic heterocycles. The Labute approximate surface area is 153 Å². The van der Waals surface area contributed by atoms with Crippen LogP contribution in [0.4, 0.5) is 17.5 Å². The zero-order chi connectivity index (χ0) is 17.9. The van der Waals surface area contributed by atoms with Gasteiger partial charge in [-0.1, -0.05) is 12.1 Å². The van der Waals surface area contributed by atoms with E-state index in [4.69, 9.17) is 4.42 Å². The van der Waals surface area contributed by atoms with Gasteiger partial charge in [-0.15, -0.1) is 0 Å². The molecule has 0 spiro atoms. The fraction of sp³-hybridized carbons (Fsp3) is 0.300. The summed E-state index contributed by atoms with van der Waals surface area (Å²) in [7, 11) is 2.14. The Kier molecular flexibility index (Phi) is 4.58. The fourth-order valence-corrected chi connectivity index (χ4v) is 3.04. The summed E-state index contributed by atoms with van der Waals surface area (Å²) in [4.78, 5) is 13.3. The van der Waals surface area contributed by atoms with Crippen molar-refractivity contribution < 1.29 is 4.42 Å². The average molecular weight is 349 g/mol. The normalized spacial score (nSPS) is 15.2. The third kappa shape index (κ3) is 3.70.